The van der Waals surface area contributed by atoms with Gasteiger partial charge in [0.25, 0.3) is 0 Å². The van der Waals surface area contributed by atoms with Crippen LogP contribution in [0.2, 0.25) is 0 Å². The molecule has 6 heteroatoms. The van der Waals surface area contributed by atoms with Gasteiger partial charge in [0, 0.05) is 25.5 Å². The first-order chi connectivity index (χ1) is 8.22. The minimum Gasteiger partial charge on any atom is -0.382 e. The molecule has 1 saturated heterocycles. The highest BCUT2D eigenvalue weighted by molar-refractivity contribution is 5.97. The standard InChI is InChI=1S/C11H17N5O/c1-2-8-7-16(5-6-17-8)11-9(10(12)13)14-3-4-15-11/h3-4,8H,2,5-7H2,1H3,(H3,12,13). The summed E-state index contributed by atoms with van der Waals surface area (Å²) in [5.74, 6) is 0.634. The van der Waals surface area contributed by atoms with E-state index in [0.717, 1.165) is 19.5 Å². The number of anilines is 1. The topological polar surface area (TPSA) is 88.1 Å². The van der Waals surface area contributed by atoms with Crippen LogP contribution >= 0.6 is 0 Å². The van der Waals surface area contributed by atoms with Gasteiger partial charge in [0.05, 0.1) is 12.7 Å². The predicted molar refractivity (Wildman–Crippen MR) is 65.3 cm³/mol. The van der Waals surface area contributed by atoms with Crippen molar-refractivity contribution in [2.24, 2.45) is 5.73 Å². The number of morpholine rings is 1. The second-order valence-electron chi connectivity index (χ2n) is 3.99. The fourth-order valence-corrected chi connectivity index (χ4v) is 1.91. The van der Waals surface area contributed by atoms with Crippen LogP contribution < -0.4 is 10.6 Å². The fraction of sp³-hybridized carbons (Fsp3) is 0.545. The second-order valence-corrected chi connectivity index (χ2v) is 3.99. The lowest BCUT2D eigenvalue weighted by Crippen LogP contribution is -2.43. The maximum atomic E-state index is 7.51. The molecule has 1 aromatic heterocycles. The van der Waals surface area contributed by atoms with E-state index in [0.29, 0.717) is 18.1 Å². The van der Waals surface area contributed by atoms with Crippen LogP contribution in [-0.4, -0.2) is 41.6 Å². The van der Waals surface area contributed by atoms with E-state index in [-0.39, 0.29) is 11.9 Å². The third-order valence-electron chi connectivity index (χ3n) is 2.83. The van der Waals surface area contributed by atoms with Gasteiger partial charge < -0.3 is 15.4 Å². The molecule has 1 aliphatic heterocycles. The zero-order valence-electron chi connectivity index (χ0n) is 9.89. The van der Waals surface area contributed by atoms with E-state index in [2.05, 4.69) is 21.8 Å². The molecular formula is C11H17N5O. The monoisotopic (exact) mass is 235 g/mol. The number of rotatable bonds is 3. The molecular weight excluding hydrogens is 218 g/mol. The van der Waals surface area contributed by atoms with E-state index in [9.17, 15) is 0 Å². The summed E-state index contributed by atoms with van der Waals surface area (Å²) in [6.45, 7) is 4.30. The summed E-state index contributed by atoms with van der Waals surface area (Å²) in [7, 11) is 0. The number of aromatic nitrogens is 2. The fourth-order valence-electron chi connectivity index (χ4n) is 1.91. The van der Waals surface area contributed by atoms with E-state index < -0.39 is 0 Å². The van der Waals surface area contributed by atoms with Crippen LogP contribution in [0.1, 0.15) is 19.0 Å². The molecule has 1 atom stereocenters. The molecule has 92 valence electrons. The highest BCUT2D eigenvalue weighted by Crippen LogP contribution is 2.18. The Labute approximate surface area is 100 Å². The molecule has 1 unspecified atom stereocenters. The first-order valence-electron chi connectivity index (χ1n) is 5.74. The Hall–Kier alpha value is -1.69. The second kappa shape index (κ2) is 5.09. The van der Waals surface area contributed by atoms with Gasteiger partial charge in [-0.25, -0.2) is 9.97 Å². The molecule has 6 nitrogen and oxygen atoms in total. The van der Waals surface area contributed by atoms with Crippen molar-refractivity contribution >= 4 is 11.7 Å². The number of nitrogens with one attached hydrogen (secondary N) is 1. The van der Waals surface area contributed by atoms with Crippen molar-refractivity contribution in [1.29, 1.82) is 5.41 Å². The van der Waals surface area contributed by atoms with Crippen molar-refractivity contribution in [2.75, 3.05) is 24.6 Å². The van der Waals surface area contributed by atoms with Crippen molar-refractivity contribution in [2.45, 2.75) is 19.4 Å². The maximum Gasteiger partial charge on any atom is 0.158 e. The van der Waals surface area contributed by atoms with E-state index in [1.807, 2.05) is 0 Å². The van der Waals surface area contributed by atoms with Gasteiger partial charge >= 0.3 is 0 Å². The van der Waals surface area contributed by atoms with Crippen LogP contribution in [0.4, 0.5) is 5.82 Å². The number of nitrogens with two attached hydrogens (primary N) is 1. The number of amidine groups is 1. The molecule has 1 fully saturated rings. The van der Waals surface area contributed by atoms with Gasteiger partial charge in [-0.15, -0.1) is 0 Å². The lowest BCUT2D eigenvalue weighted by molar-refractivity contribution is 0.0381. The summed E-state index contributed by atoms with van der Waals surface area (Å²) in [6.07, 6.45) is 4.35. The Balaban J connectivity index is 2.24. The quantitative estimate of drug-likeness (QED) is 0.584. The van der Waals surface area contributed by atoms with Crippen LogP contribution in [0.25, 0.3) is 0 Å². The van der Waals surface area contributed by atoms with E-state index in [1.54, 1.807) is 12.4 Å². The van der Waals surface area contributed by atoms with E-state index in [1.165, 1.54) is 0 Å². The van der Waals surface area contributed by atoms with Crippen molar-refractivity contribution in [3.05, 3.63) is 18.1 Å². The number of ether oxygens (including phenoxy) is 1. The average molecular weight is 235 g/mol. The van der Waals surface area contributed by atoms with Crippen molar-refractivity contribution < 1.29 is 4.74 Å². The minimum atomic E-state index is -0.0485. The van der Waals surface area contributed by atoms with Gasteiger partial charge in [0.1, 0.15) is 11.5 Å². The Bertz CT molecular complexity index is 409. The molecule has 0 aromatic carbocycles. The van der Waals surface area contributed by atoms with Crippen molar-refractivity contribution in [3.63, 3.8) is 0 Å². The summed E-state index contributed by atoms with van der Waals surface area (Å²) in [6, 6.07) is 0. The largest absolute Gasteiger partial charge is 0.382 e. The van der Waals surface area contributed by atoms with Crippen LogP contribution in [0, 0.1) is 5.41 Å². The van der Waals surface area contributed by atoms with Gasteiger partial charge in [0.15, 0.2) is 5.82 Å². The summed E-state index contributed by atoms with van der Waals surface area (Å²) < 4.78 is 5.60. The number of hydrogen-bond acceptors (Lipinski definition) is 5. The molecule has 2 rings (SSSR count). The summed E-state index contributed by atoms with van der Waals surface area (Å²) in [5, 5.41) is 7.51. The third kappa shape index (κ3) is 2.52. The molecule has 0 aliphatic carbocycles. The van der Waals surface area contributed by atoms with Gasteiger partial charge in [0.2, 0.25) is 0 Å². The van der Waals surface area contributed by atoms with E-state index in [4.69, 9.17) is 15.9 Å². The Kier molecular flexibility index (Phi) is 3.53. The average Bonchev–Trinajstić information content (AvgIpc) is 2.39. The molecule has 0 bridgehead atoms. The molecule has 0 radical (unpaired) electrons. The molecule has 1 aliphatic rings. The normalized spacial score (nSPS) is 20.3. The van der Waals surface area contributed by atoms with Crippen LogP contribution in [0.15, 0.2) is 12.4 Å². The third-order valence-corrected chi connectivity index (χ3v) is 2.83. The molecule has 0 spiro atoms. The number of nitrogen functional groups attached to an aromatic ring is 1. The zero-order chi connectivity index (χ0) is 12.3. The minimum absolute atomic E-state index is 0.0485. The van der Waals surface area contributed by atoms with Crippen molar-refractivity contribution in [3.8, 4) is 0 Å². The number of nitrogens with zero attached hydrogens (tertiary/aromatic N) is 3. The highest BCUT2D eigenvalue weighted by atomic mass is 16.5. The summed E-state index contributed by atoms with van der Waals surface area (Å²) in [5.41, 5.74) is 5.96. The van der Waals surface area contributed by atoms with Gasteiger partial charge in [-0.1, -0.05) is 6.92 Å². The van der Waals surface area contributed by atoms with Crippen LogP contribution in [0.5, 0.6) is 0 Å². The molecule has 0 amide bonds. The molecule has 2 heterocycles. The molecule has 1 aromatic rings. The smallest absolute Gasteiger partial charge is 0.158 e. The highest BCUT2D eigenvalue weighted by Gasteiger charge is 2.23. The number of hydrogen-bond donors (Lipinski definition) is 2. The summed E-state index contributed by atoms with van der Waals surface area (Å²) >= 11 is 0. The Morgan fingerprint density at radius 1 is 1.59 bits per heavy atom. The van der Waals surface area contributed by atoms with Gasteiger partial charge in [-0.3, -0.25) is 5.41 Å². The van der Waals surface area contributed by atoms with E-state index >= 15 is 0 Å². The van der Waals surface area contributed by atoms with Gasteiger partial charge in [-0.2, -0.15) is 0 Å². The van der Waals surface area contributed by atoms with Gasteiger partial charge in [-0.05, 0) is 6.42 Å². The first kappa shape index (κ1) is 11.8. The SMILES string of the molecule is CCC1CN(c2nccnc2C(=N)N)CCO1. The molecule has 0 saturated carbocycles. The predicted octanol–water partition coefficient (Wildman–Crippen LogP) is 0.376. The Morgan fingerprint density at radius 3 is 3.06 bits per heavy atom. The first-order valence-corrected chi connectivity index (χ1v) is 5.74. The van der Waals surface area contributed by atoms with Crippen LogP contribution in [0.3, 0.4) is 0 Å². The molecule has 3 N–H and O–H groups in total. The lowest BCUT2D eigenvalue weighted by Gasteiger charge is -2.33. The lowest BCUT2D eigenvalue weighted by atomic mass is 10.2. The van der Waals surface area contributed by atoms with Crippen LogP contribution in [-0.2, 0) is 4.74 Å². The zero-order valence-corrected chi connectivity index (χ0v) is 9.89. The Morgan fingerprint density at radius 2 is 2.35 bits per heavy atom. The summed E-state index contributed by atoms with van der Waals surface area (Å²) in [4.78, 5) is 10.5. The van der Waals surface area contributed by atoms with Crippen molar-refractivity contribution in [1.82, 2.24) is 9.97 Å². The maximum absolute atomic E-state index is 7.51. The molecule has 17 heavy (non-hydrogen) atoms.